The van der Waals surface area contributed by atoms with Gasteiger partial charge in [-0.2, -0.15) is 0 Å². The van der Waals surface area contributed by atoms with Crippen LogP contribution in [0.3, 0.4) is 0 Å². The summed E-state index contributed by atoms with van der Waals surface area (Å²) in [6.07, 6.45) is 1.82. The summed E-state index contributed by atoms with van der Waals surface area (Å²) in [6, 6.07) is 13.9. The largest absolute Gasteiger partial charge is 0.487 e. The van der Waals surface area contributed by atoms with E-state index in [1.807, 2.05) is 30.3 Å². The monoisotopic (exact) mass is 378 g/mol. The van der Waals surface area contributed by atoms with E-state index in [0.29, 0.717) is 17.9 Å². The Morgan fingerprint density at radius 3 is 2.93 bits per heavy atom. The van der Waals surface area contributed by atoms with Crippen LogP contribution in [0.5, 0.6) is 0 Å². The fraction of sp³-hybridized carbons (Fsp3) is 0.273. The van der Waals surface area contributed by atoms with Crippen molar-refractivity contribution in [3.63, 3.8) is 0 Å². The number of carbonyl (C=O) groups is 2. The first kappa shape index (κ1) is 18.3. The highest BCUT2D eigenvalue weighted by atomic mass is 16.5. The first-order valence-corrected chi connectivity index (χ1v) is 9.35. The summed E-state index contributed by atoms with van der Waals surface area (Å²) in [6.45, 7) is 1.45. The molecule has 4 rings (SSSR count). The molecule has 6 heteroatoms. The van der Waals surface area contributed by atoms with E-state index in [4.69, 9.17) is 4.74 Å². The van der Waals surface area contributed by atoms with Crippen LogP contribution in [0.15, 0.2) is 42.5 Å². The number of carbonyl (C=O) groups excluding carboxylic acids is 2. The van der Waals surface area contributed by atoms with Crippen molar-refractivity contribution in [1.82, 2.24) is 5.32 Å². The molecule has 28 heavy (non-hydrogen) atoms. The van der Waals surface area contributed by atoms with Crippen LogP contribution >= 0.6 is 0 Å². The predicted molar refractivity (Wildman–Crippen MR) is 106 cm³/mol. The van der Waals surface area contributed by atoms with Gasteiger partial charge in [0.05, 0.1) is 19.2 Å². The van der Waals surface area contributed by atoms with E-state index in [1.54, 1.807) is 0 Å². The zero-order valence-corrected chi connectivity index (χ0v) is 15.7. The summed E-state index contributed by atoms with van der Waals surface area (Å²) in [5.74, 6) is 0.279. The zero-order chi connectivity index (χ0) is 19.5. The molecule has 0 spiro atoms. The van der Waals surface area contributed by atoms with Crippen molar-refractivity contribution in [2.75, 3.05) is 25.5 Å². The molecular formula is C22H22N2O4. The second-order valence-electron chi connectivity index (χ2n) is 6.84. The van der Waals surface area contributed by atoms with Crippen LogP contribution in [0.25, 0.3) is 11.3 Å². The number of esters is 1. The Bertz CT molecular complexity index is 965. The van der Waals surface area contributed by atoms with Crippen molar-refractivity contribution < 1.29 is 19.1 Å². The topological polar surface area (TPSA) is 76.7 Å². The molecule has 2 aromatic rings. The van der Waals surface area contributed by atoms with Crippen molar-refractivity contribution in [1.29, 1.82) is 0 Å². The first-order chi connectivity index (χ1) is 13.7. The molecule has 0 aliphatic carbocycles. The molecule has 0 saturated carbocycles. The van der Waals surface area contributed by atoms with Crippen molar-refractivity contribution in [3.8, 4) is 0 Å². The highest BCUT2D eigenvalue weighted by Gasteiger charge is 2.32. The van der Waals surface area contributed by atoms with Crippen LogP contribution < -0.4 is 10.6 Å². The lowest BCUT2D eigenvalue weighted by Crippen LogP contribution is -2.25. The summed E-state index contributed by atoms with van der Waals surface area (Å²) in [5.41, 5.74) is 5.60. The smallest absolute Gasteiger partial charge is 0.319 e. The highest BCUT2D eigenvalue weighted by Crippen LogP contribution is 2.41. The molecule has 2 aromatic carbocycles. The molecule has 0 atom stereocenters. The maximum Gasteiger partial charge on any atom is 0.319 e. The Balaban J connectivity index is 1.47. The van der Waals surface area contributed by atoms with Crippen LogP contribution in [-0.4, -0.2) is 32.1 Å². The number of hydrogen-bond acceptors (Lipinski definition) is 5. The lowest BCUT2D eigenvalue weighted by Gasteiger charge is -2.07. The minimum absolute atomic E-state index is 0.121. The standard InChI is InChI=1S/C22H22N2O4/c1-27-19(25)12-23-10-4-5-14-8-9-16-15(11-14)13-28-21(16)20-17-6-2-3-7-18(17)24-22(20)26/h2-3,6-9,11,23H,4-5,10,12-13H2,1H3,(H,24,26)/b21-20+. The second-order valence-corrected chi connectivity index (χ2v) is 6.84. The van der Waals surface area contributed by atoms with Crippen molar-refractivity contribution in [2.24, 2.45) is 0 Å². The van der Waals surface area contributed by atoms with Crippen molar-refractivity contribution in [2.45, 2.75) is 19.4 Å². The number of amides is 1. The number of hydrogen-bond donors (Lipinski definition) is 2. The fourth-order valence-electron chi connectivity index (χ4n) is 3.60. The first-order valence-electron chi connectivity index (χ1n) is 9.35. The van der Waals surface area contributed by atoms with Gasteiger partial charge in [-0.25, -0.2) is 0 Å². The summed E-state index contributed by atoms with van der Waals surface area (Å²) >= 11 is 0. The molecule has 0 unspecified atom stereocenters. The number of nitrogens with one attached hydrogen (secondary N) is 2. The van der Waals surface area contributed by atoms with Gasteiger partial charge in [-0.05, 0) is 31.0 Å². The molecule has 6 nitrogen and oxygen atoms in total. The number of aryl methyl sites for hydroxylation is 1. The molecular weight excluding hydrogens is 356 g/mol. The molecule has 144 valence electrons. The SMILES string of the molecule is COC(=O)CNCCCc1ccc2c(c1)CO/C2=C1/C(=O)Nc2ccccc21. The number of methoxy groups -OCH3 is 1. The second kappa shape index (κ2) is 7.86. The van der Waals surface area contributed by atoms with Gasteiger partial charge in [-0.3, -0.25) is 9.59 Å². The number of benzene rings is 2. The normalized spacial score (nSPS) is 17.0. The van der Waals surface area contributed by atoms with Gasteiger partial charge in [0.1, 0.15) is 12.4 Å². The molecule has 0 bridgehead atoms. The lowest BCUT2D eigenvalue weighted by molar-refractivity contribution is -0.139. The summed E-state index contributed by atoms with van der Waals surface area (Å²) in [7, 11) is 1.38. The third-order valence-electron chi connectivity index (χ3n) is 5.00. The number of anilines is 1. The highest BCUT2D eigenvalue weighted by molar-refractivity contribution is 6.36. The summed E-state index contributed by atoms with van der Waals surface area (Å²) < 4.78 is 10.5. The minimum atomic E-state index is -0.257. The lowest BCUT2D eigenvalue weighted by atomic mass is 9.98. The summed E-state index contributed by atoms with van der Waals surface area (Å²) in [5, 5.41) is 5.97. The number of fused-ring (bicyclic) bond motifs is 2. The Morgan fingerprint density at radius 1 is 1.21 bits per heavy atom. The Labute approximate surface area is 163 Å². The molecule has 2 N–H and O–H groups in total. The van der Waals surface area contributed by atoms with E-state index in [9.17, 15) is 9.59 Å². The van der Waals surface area contributed by atoms with Crippen LogP contribution in [-0.2, 0) is 32.1 Å². The van der Waals surface area contributed by atoms with Gasteiger partial charge in [0.2, 0.25) is 0 Å². The van der Waals surface area contributed by atoms with Gasteiger partial charge < -0.3 is 20.1 Å². The quantitative estimate of drug-likeness (QED) is 0.459. The van der Waals surface area contributed by atoms with Gasteiger partial charge in [-0.1, -0.05) is 36.4 Å². The van der Waals surface area contributed by atoms with E-state index in [0.717, 1.165) is 41.8 Å². The van der Waals surface area contributed by atoms with Gasteiger partial charge in [-0.15, -0.1) is 0 Å². The number of rotatable bonds is 6. The van der Waals surface area contributed by atoms with Crippen LogP contribution in [0.1, 0.15) is 28.7 Å². The van der Waals surface area contributed by atoms with E-state index in [-0.39, 0.29) is 18.4 Å². The van der Waals surface area contributed by atoms with Crippen molar-refractivity contribution >= 4 is 28.9 Å². The molecule has 1 amide bonds. The van der Waals surface area contributed by atoms with E-state index in [2.05, 4.69) is 27.5 Å². The Morgan fingerprint density at radius 2 is 2.07 bits per heavy atom. The molecule has 0 radical (unpaired) electrons. The van der Waals surface area contributed by atoms with E-state index >= 15 is 0 Å². The summed E-state index contributed by atoms with van der Waals surface area (Å²) in [4.78, 5) is 23.6. The van der Waals surface area contributed by atoms with Gasteiger partial charge in [0, 0.05) is 22.4 Å². The molecule has 2 aliphatic heterocycles. The third-order valence-corrected chi connectivity index (χ3v) is 5.00. The Kier molecular flexibility index (Phi) is 5.12. The van der Waals surface area contributed by atoms with Crippen LogP contribution in [0.4, 0.5) is 5.69 Å². The number of para-hydroxylation sites is 1. The predicted octanol–water partition coefficient (Wildman–Crippen LogP) is 2.73. The van der Waals surface area contributed by atoms with Crippen LogP contribution in [0.2, 0.25) is 0 Å². The molecule has 0 aromatic heterocycles. The van der Waals surface area contributed by atoms with Crippen molar-refractivity contribution in [3.05, 3.63) is 64.7 Å². The molecule has 2 aliphatic rings. The maximum absolute atomic E-state index is 12.5. The number of ether oxygens (including phenoxy) is 2. The van der Waals surface area contributed by atoms with Gasteiger partial charge >= 0.3 is 5.97 Å². The molecule has 2 heterocycles. The van der Waals surface area contributed by atoms with E-state index < -0.39 is 0 Å². The van der Waals surface area contributed by atoms with E-state index in [1.165, 1.54) is 12.7 Å². The van der Waals surface area contributed by atoms with Gasteiger partial charge in [0.15, 0.2) is 0 Å². The molecule has 0 saturated heterocycles. The third kappa shape index (κ3) is 3.51. The fourth-order valence-corrected chi connectivity index (χ4v) is 3.60. The Hall–Kier alpha value is -3.12. The zero-order valence-electron chi connectivity index (χ0n) is 15.7. The average molecular weight is 378 g/mol. The maximum atomic E-state index is 12.5. The average Bonchev–Trinajstić information content (AvgIpc) is 3.26. The van der Waals surface area contributed by atoms with Crippen LogP contribution in [0, 0.1) is 0 Å². The minimum Gasteiger partial charge on any atom is -0.487 e. The molecule has 0 fully saturated rings. The van der Waals surface area contributed by atoms with Gasteiger partial charge in [0.25, 0.3) is 5.91 Å².